The van der Waals surface area contributed by atoms with Crippen molar-refractivity contribution in [3.05, 3.63) is 95.9 Å². The maximum Gasteiger partial charge on any atom is 0.227 e. The van der Waals surface area contributed by atoms with Crippen molar-refractivity contribution in [2.24, 2.45) is 0 Å². The fourth-order valence-corrected chi connectivity index (χ4v) is 4.71. The number of aromatic nitrogens is 3. The van der Waals surface area contributed by atoms with Crippen molar-refractivity contribution < 1.29 is 4.79 Å². The zero-order valence-corrected chi connectivity index (χ0v) is 19.7. The fraction of sp³-hybridized carbons (Fsp3) is 0.250. The number of nitrogens with zero attached hydrogens (tertiary/aromatic N) is 5. The van der Waals surface area contributed by atoms with Gasteiger partial charge in [0.2, 0.25) is 5.91 Å². The van der Waals surface area contributed by atoms with Gasteiger partial charge < -0.3 is 9.80 Å². The first-order chi connectivity index (χ1) is 16.6. The summed E-state index contributed by atoms with van der Waals surface area (Å²) in [6, 6.07) is 24.5. The van der Waals surface area contributed by atoms with E-state index in [-0.39, 0.29) is 5.91 Å². The second-order valence-corrected chi connectivity index (χ2v) is 8.73. The molecule has 0 aliphatic carbocycles. The van der Waals surface area contributed by atoms with Gasteiger partial charge in [0.25, 0.3) is 0 Å². The number of pyridine rings is 1. The molecule has 0 unspecified atom stereocenters. The van der Waals surface area contributed by atoms with Crippen LogP contribution in [-0.4, -0.2) is 51.8 Å². The second-order valence-electron chi connectivity index (χ2n) is 8.73. The Morgan fingerprint density at radius 1 is 0.824 bits per heavy atom. The predicted octanol–water partition coefficient (Wildman–Crippen LogP) is 4.44. The largest absolute Gasteiger partial charge is 0.365 e. The van der Waals surface area contributed by atoms with E-state index in [1.165, 1.54) is 11.1 Å². The highest BCUT2D eigenvalue weighted by Crippen LogP contribution is 2.27. The third kappa shape index (κ3) is 4.44. The number of rotatable bonds is 5. The molecule has 6 heteroatoms. The summed E-state index contributed by atoms with van der Waals surface area (Å²) in [5, 5.41) is 4.73. The fourth-order valence-electron chi connectivity index (χ4n) is 4.71. The van der Waals surface area contributed by atoms with Crippen LogP contribution >= 0.6 is 0 Å². The lowest BCUT2D eigenvalue weighted by Gasteiger charge is -2.36. The van der Waals surface area contributed by atoms with Gasteiger partial charge in [0.1, 0.15) is 0 Å². The summed E-state index contributed by atoms with van der Waals surface area (Å²) in [5.74, 6) is 1.01. The van der Waals surface area contributed by atoms with Crippen LogP contribution in [0.15, 0.2) is 79.0 Å². The van der Waals surface area contributed by atoms with Crippen molar-refractivity contribution in [2.45, 2.75) is 20.3 Å². The lowest BCUT2D eigenvalue weighted by atomic mass is 10.0. The van der Waals surface area contributed by atoms with Crippen molar-refractivity contribution in [1.82, 2.24) is 19.7 Å². The van der Waals surface area contributed by atoms with Crippen LogP contribution in [0.3, 0.4) is 0 Å². The van der Waals surface area contributed by atoms with E-state index in [9.17, 15) is 4.79 Å². The standard InChI is InChI=1S/C28H29N5O/c1-21-28(22(2)33(30-21)26-10-6-7-15-29-26)32-18-16-31(17-19-32)27(34)20-23-11-13-25(14-12-23)24-8-4-3-5-9-24/h3-15H,16-20H2,1-2H3. The van der Waals surface area contributed by atoms with E-state index in [4.69, 9.17) is 5.10 Å². The zero-order chi connectivity index (χ0) is 23.5. The number of hydrogen-bond acceptors (Lipinski definition) is 4. The summed E-state index contributed by atoms with van der Waals surface area (Å²) in [5.41, 5.74) is 6.62. The van der Waals surface area contributed by atoms with Gasteiger partial charge in [-0.2, -0.15) is 5.10 Å². The molecule has 0 atom stereocenters. The van der Waals surface area contributed by atoms with Crippen molar-refractivity contribution in [2.75, 3.05) is 31.1 Å². The summed E-state index contributed by atoms with van der Waals surface area (Å²) in [6.07, 6.45) is 2.22. The molecule has 2 aromatic heterocycles. The molecule has 1 saturated heterocycles. The van der Waals surface area contributed by atoms with Gasteiger partial charge in [-0.1, -0.05) is 60.7 Å². The van der Waals surface area contributed by atoms with Gasteiger partial charge in [0.05, 0.1) is 23.5 Å². The topological polar surface area (TPSA) is 54.3 Å². The van der Waals surface area contributed by atoms with Crippen LogP contribution in [0.1, 0.15) is 17.0 Å². The molecule has 1 aliphatic rings. The predicted molar refractivity (Wildman–Crippen MR) is 135 cm³/mol. The lowest BCUT2D eigenvalue weighted by Crippen LogP contribution is -2.49. The molecule has 172 valence electrons. The summed E-state index contributed by atoms with van der Waals surface area (Å²) in [7, 11) is 0. The maximum absolute atomic E-state index is 13.0. The summed E-state index contributed by atoms with van der Waals surface area (Å²) in [6.45, 7) is 7.16. The number of piperazine rings is 1. The molecular weight excluding hydrogens is 422 g/mol. The Labute approximate surface area is 200 Å². The summed E-state index contributed by atoms with van der Waals surface area (Å²) in [4.78, 5) is 21.7. The van der Waals surface area contributed by atoms with E-state index in [2.05, 4.69) is 53.2 Å². The Kier molecular flexibility index (Phi) is 6.12. The van der Waals surface area contributed by atoms with Crippen LogP contribution in [0.5, 0.6) is 0 Å². The Hall–Kier alpha value is -3.93. The third-order valence-electron chi connectivity index (χ3n) is 6.48. The molecule has 0 saturated carbocycles. The van der Waals surface area contributed by atoms with Gasteiger partial charge in [-0.05, 0) is 42.7 Å². The van der Waals surface area contributed by atoms with Crippen molar-refractivity contribution in [1.29, 1.82) is 0 Å². The molecule has 0 N–H and O–H groups in total. The molecule has 0 radical (unpaired) electrons. The molecule has 1 fully saturated rings. The monoisotopic (exact) mass is 451 g/mol. The summed E-state index contributed by atoms with van der Waals surface area (Å²) >= 11 is 0. The van der Waals surface area contributed by atoms with Crippen LogP contribution in [0.2, 0.25) is 0 Å². The van der Waals surface area contributed by atoms with Gasteiger partial charge in [-0.3, -0.25) is 4.79 Å². The van der Waals surface area contributed by atoms with E-state index in [0.717, 1.165) is 41.5 Å². The first-order valence-electron chi connectivity index (χ1n) is 11.7. The van der Waals surface area contributed by atoms with Gasteiger partial charge in [0.15, 0.2) is 5.82 Å². The summed E-state index contributed by atoms with van der Waals surface area (Å²) < 4.78 is 1.90. The molecule has 34 heavy (non-hydrogen) atoms. The number of anilines is 1. The maximum atomic E-state index is 13.0. The smallest absolute Gasteiger partial charge is 0.227 e. The van der Waals surface area contributed by atoms with Crippen LogP contribution in [0, 0.1) is 13.8 Å². The minimum absolute atomic E-state index is 0.185. The minimum Gasteiger partial charge on any atom is -0.365 e. The van der Waals surface area contributed by atoms with Gasteiger partial charge in [0, 0.05) is 32.4 Å². The molecule has 4 aromatic rings. The number of hydrogen-bond donors (Lipinski definition) is 0. The number of aryl methyl sites for hydroxylation is 1. The molecule has 6 nitrogen and oxygen atoms in total. The van der Waals surface area contributed by atoms with Crippen LogP contribution in [0.4, 0.5) is 5.69 Å². The normalized spacial score (nSPS) is 13.8. The molecule has 1 amide bonds. The second kappa shape index (κ2) is 9.51. The molecule has 3 heterocycles. The third-order valence-corrected chi connectivity index (χ3v) is 6.48. The zero-order valence-electron chi connectivity index (χ0n) is 19.7. The molecule has 0 bridgehead atoms. The first kappa shape index (κ1) is 21.9. The number of amides is 1. The Morgan fingerprint density at radius 3 is 2.18 bits per heavy atom. The Bertz CT molecular complexity index is 1260. The van der Waals surface area contributed by atoms with E-state index in [1.54, 1.807) is 6.20 Å². The van der Waals surface area contributed by atoms with Crippen LogP contribution in [-0.2, 0) is 11.2 Å². The molecule has 2 aromatic carbocycles. The van der Waals surface area contributed by atoms with Crippen LogP contribution < -0.4 is 4.90 Å². The highest BCUT2D eigenvalue weighted by atomic mass is 16.2. The first-order valence-corrected chi connectivity index (χ1v) is 11.7. The Balaban J connectivity index is 1.21. The molecule has 5 rings (SSSR count). The molecule has 0 spiro atoms. The molecule has 1 aliphatic heterocycles. The van der Waals surface area contributed by atoms with Gasteiger partial charge >= 0.3 is 0 Å². The highest BCUT2D eigenvalue weighted by molar-refractivity contribution is 5.79. The Morgan fingerprint density at radius 2 is 1.50 bits per heavy atom. The average molecular weight is 452 g/mol. The van der Waals surface area contributed by atoms with E-state index in [0.29, 0.717) is 19.5 Å². The number of carbonyl (C=O) groups excluding carboxylic acids is 1. The van der Waals surface area contributed by atoms with Crippen molar-refractivity contribution >= 4 is 11.6 Å². The number of carbonyl (C=O) groups is 1. The minimum atomic E-state index is 0.185. The van der Waals surface area contributed by atoms with E-state index < -0.39 is 0 Å². The van der Waals surface area contributed by atoms with Gasteiger partial charge in [-0.25, -0.2) is 9.67 Å². The van der Waals surface area contributed by atoms with Crippen molar-refractivity contribution in [3.63, 3.8) is 0 Å². The lowest BCUT2D eigenvalue weighted by molar-refractivity contribution is -0.130. The van der Waals surface area contributed by atoms with E-state index >= 15 is 0 Å². The van der Waals surface area contributed by atoms with E-state index in [1.807, 2.05) is 52.9 Å². The van der Waals surface area contributed by atoms with Gasteiger partial charge in [-0.15, -0.1) is 0 Å². The highest BCUT2D eigenvalue weighted by Gasteiger charge is 2.25. The average Bonchev–Trinajstić information content (AvgIpc) is 3.19. The van der Waals surface area contributed by atoms with Crippen molar-refractivity contribution in [3.8, 4) is 16.9 Å². The SMILES string of the molecule is Cc1nn(-c2ccccn2)c(C)c1N1CCN(C(=O)Cc2ccc(-c3ccccc3)cc2)CC1. The van der Waals surface area contributed by atoms with Crippen LogP contribution in [0.25, 0.3) is 16.9 Å². The quantitative estimate of drug-likeness (QED) is 0.450. The number of benzene rings is 2. The molecular formula is C28H29N5O.